The highest BCUT2D eigenvalue weighted by Gasteiger charge is 2.36. The Morgan fingerprint density at radius 1 is 1.18 bits per heavy atom. The Morgan fingerprint density at radius 2 is 1.92 bits per heavy atom. The van der Waals surface area contributed by atoms with Gasteiger partial charge in [-0.2, -0.15) is 5.26 Å². The van der Waals surface area contributed by atoms with Gasteiger partial charge in [0.1, 0.15) is 5.75 Å². The van der Waals surface area contributed by atoms with Gasteiger partial charge in [0, 0.05) is 23.8 Å². The molecule has 2 aromatic carbocycles. The number of aliphatic hydroxyl groups excluding tert-OH is 1. The van der Waals surface area contributed by atoms with Gasteiger partial charge in [0.15, 0.2) is 0 Å². The molecule has 0 spiro atoms. The van der Waals surface area contributed by atoms with Crippen LogP contribution in [-0.4, -0.2) is 57.9 Å². The van der Waals surface area contributed by atoms with E-state index in [-0.39, 0.29) is 31.3 Å². The molecule has 0 saturated carbocycles. The number of pyridine rings is 1. The van der Waals surface area contributed by atoms with E-state index in [2.05, 4.69) is 20.0 Å². The molecule has 1 atom stereocenters. The molecule has 4 rings (SSSR count). The third-order valence-corrected chi connectivity index (χ3v) is 5.77. The molecule has 38 heavy (non-hydrogen) atoms. The zero-order valence-electron chi connectivity index (χ0n) is 20.2. The van der Waals surface area contributed by atoms with Gasteiger partial charge in [-0.1, -0.05) is 23.7 Å². The van der Waals surface area contributed by atoms with E-state index >= 15 is 0 Å². The number of nitriles is 1. The number of benzene rings is 2. The van der Waals surface area contributed by atoms with E-state index in [1.807, 2.05) is 6.07 Å². The maximum absolute atomic E-state index is 12.8. The highest BCUT2D eigenvalue weighted by atomic mass is 35.5. The molecule has 1 saturated heterocycles. The van der Waals surface area contributed by atoms with Crippen LogP contribution in [0.1, 0.15) is 17.5 Å². The number of rotatable bonds is 8. The van der Waals surface area contributed by atoms with E-state index in [1.54, 1.807) is 54.6 Å². The second-order valence-electron chi connectivity index (χ2n) is 8.08. The van der Waals surface area contributed by atoms with Gasteiger partial charge in [-0.3, -0.25) is 19.9 Å². The van der Waals surface area contributed by atoms with Crippen molar-refractivity contribution >= 4 is 35.2 Å². The maximum atomic E-state index is 12.8. The quantitative estimate of drug-likeness (QED) is 0.416. The van der Waals surface area contributed by atoms with Crippen LogP contribution in [0.5, 0.6) is 11.6 Å². The number of nitrogens with one attached hydrogen (secondary N) is 1. The van der Waals surface area contributed by atoms with Crippen LogP contribution in [-0.2, 0) is 16.1 Å². The summed E-state index contributed by atoms with van der Waals surface area (Å²) in [5.41, 5.74) is 1.70. The largest absolute Gasteiger partial charge is 0.469 e. The molecule has 1 aliphatic heterocycles. The molecule has 0 radical (unpaired) electrons. The number of aliphatic imine (C=N–C) groups is 1. The van der Waals surface area contributed by atoms with Crippen molar-refractivity contribution in [3.8, 4) is 17.7 Å². The standard InChI is InChI=1S/C26H23ClN6O5/c1-37-23(34)11-13-32-25(35)31-24(33(26(32)36)16-17-2-4-19(27)5-3-17)30-20-6-8-21(9-7-20)38-22-14-18(15-28)10-12-29-22/h2-10,12,14,26,36H,11,13,16H2,1H3,(H,30,31,35). The molecule has 3 aromatic rings. The minimum absolute atomic E-state index is 0.0584. The van der Waals surface area contributed by atoms with Crippen LogP contribution >= 0.6 is 11.6 Å². The first kappa shape index (κ1) is 26.4. The first-order valence-electron chi connectivity index (χ1n) is 11.4. The molecule has 11 nitrogen and oxygen atoms in total. The van der Waals surface area contributed by atoms with Crippen molar-refractivity contribution < 1.29 is 24.2 Å². The van der Waals surface area contributed by atoms with Gasteiger partial charge in [-0.05, 0) is 48.0 Å². The van der Waals surface area contributed by atoms with E-state index in [9.17, 15) is 14.7 Å². The molecule has 1 aromatic heterocycles. The fraction of sp³-hybridized carbons (Fsp3) is 0.192. The number of halogens is 1. The summed E-state index contributed by atoms with van der Waals surface area (Å²) in [5, 5.41) is 23.4. The van der Waals surface area contributed by atoms with Gasteiger partial charge in [0.2, 0.25) is 18.2 Å². The van der Waals surface area contributed by atoms with Crippen LogP contribution in [0.4, 0.5) is 10.5 Å². The van der Waals surface area contributed by atoms with Crippen LogP contribution in [0.3, 0.4) is 0 Å². The van der Waals surface area contributed by atoms with E-state index in [4.69, 9.17) is 21.6 Å². The maximum Gasteiger partial charge on any atom is 0.327 e. The highest BCUT2D eigenvalue weighted by molar-refractivity contribution is 6.30. The predicted octanol–water partition coefficient (Wildman–Crippen LogP) is 3.75. The monoisotopic (exact) mass is 534 g/mol. The summed E-state index contributed by atoms with van der Waals surface area (Å²) in [6, 6.07) is 18.2. The van der Waals surface area contributed by atoms with Crippen molar-refractivity contribution in [2.45, 2.75) is 19.3 Å². The van der Waals surface area contributed by atoms with Gasteiger partial charge in [0.05, 0.1) is 37.4 Å². The summed E-state index contributed by atoms with van der Waals surface area (Å²) in [6.07, 6.45) is -0.00542. The smallest absolute Gasteiger partial charge is 0.327 e. The third kappa shape index (κ3) is 6.56. The fourth-order valence-electron chi connectivity index (χ4n) is 3.55. The second-order valence-corrected chi connectivity index (χ2v) is 8.51. The fourth-order valence-corrected chi connectivity index (χ4v) is 3.68. The van der Waals surface area contributed by atoms with Crippen LogP contribution in [0.25, 0.3) is 0 Å². The SMILES string of the molecule is COC(=O)CCN1C(=O)NC(=Nc2ccc(Oc3cc(C#N)ccn3)cc2)N(Cc2ccc(Cl)cc2)C1O. The molecule has 194 valence electrons. The Morgan fingerprint density at radius 3 is 2.61 bits per heavy atom. The molecule has 2 heterocycles. The lowest BCUT2D eigenvalue weighted by Gasteiger charge is -2.42. The number of aliphatic hydroxyl groups is 1. The lowest BCUT2D eigenvalue weighted by Crippen LogP contribution is -2.65. The van der Waals surface area contributed by atoms with Crippen LogP contribution in [0.2, 0.25) is 5.02 Å². The minimum atomic E-state index is -1.40. The van der Waals surface area contributed by atoms with Crippen LogP contribution in [0, 0.1) is 11.3 Å². The molecule has 0 bridgehead atoms. The Hall–Kier alpha value is -4.66. The second kappa shape index (κ2) is 12.1. The summed E-state index contributed by atoms with van der Waals surface area (Å²) in [5.74, 6) is 0.345. The number of carbonyl (C=O) groups excluding carboxylic acids is 2. The van der Waals surface area contributed by atoms with Gasteiger partial charge in [0.25, 0.3) is 0 Å². The first-order chi connectivity index (χ1) is 18.4. The average molecular weight is 535 g/mol. The van der Waals surface area contributed by atoms with Crippen molar-refractivity contribution in [1.29, 1.82) is 5.26 Å². The number of urea groups is 1. The van der Waals surface area contributed by atoms with Crippen molar-refractivity contribution in [2.24, 2.45) is 4.99 Å². The third-order valence-electron chi connectivity index (χ3n) is 5.52. The van der Waals surface area contributed by atoms with Crippen molar-refractivity contribution in [1.82, 2.24) is 20.1 Å². The van der Waals surface area contributed by atoms with Crippen molar-refractivity contribution in [3.63, 3.8) is 0 Å². The number of aromatic nitrogens is 1. The summed E-state index contributed by atoms with van der Waals surface area (Å²) < 4.78 is 10.3. The molecule has 12 heteroatoms. The van der Waals surface area contributed by atoms with E-state index < -0.39 is 18.4 Å². The normalized spacial score (nSPS) is 16.1. The number of methoxy groups -OCH3 is 1. The van der Waals surface area contributed by atoms with E-state index in [1.165, 1.54) is 24.3 Å². The highest BCUT2D eigenvalue weighted by Crippen LogP contribution is 2.25. The zero-order chi connectivity index (χ0) is 27.1. The Labute approximate surface area is 223 Å². The lowest BCUT2D eigenvalue weighted by atomic mass is 10.2. The number of nitrogens with zero attached hydrogens (tertiary/aromatic N) is 5. The molecular formula is C26H23ClN6O5. The molecule has 2 amide bonds. The summed E-state index contributed by atoms with van der Waals surface area (Å²) in [6.45, 7) is 0.130. The molecule has 2 N–H and O–H groups in total. The number of ether oxygens (including phenoxy) is 2. The number of carbonyl (C=O) groups is 2. The lowest BCUT2D eigenvalue weighted by molar-refractivity contribution is -0.142. The minimum Gasteiger partial charge on any atom is -0.469 e. The van der Waals surface area contributed by atoms with Gasteiger partial charge in [-0.15, -0.1) is 0 Å². The van der Waals surface area contributed by atoms with Crippen molar-refractivity contribution in [2.75, 3.05) is 13.7 Å². The Bertz CT molecular complexity index is 1370. The van der Waals surface area contributed by atoms with E-state index in [0.29, 0.717) is 22.0 Å². The summed E-state index contributed by atoms with van der Waals surface area (Å²) >= 11 is 6.00. The van der Waals surface area contributed by atoms with Crippen molar-refractivity contribution in [3.05, 3.63) is 83.0 Å². The predicted molar refractivity (Wildman–Crippen MR) is 137 cm³/mol. The number of hydrogen-bond donors (Lipinski definition) is 2. The van der Waals surface area contributed by atoms with E-state index in [0.717, 1.165) is 10.5 Å². The molecule has 1 unspecified atom stereocenters. The molecular weight excluding hydrogens is 512 g/mol. The molecule has 1 fully saturated rings. The van der Waals surface area contributed by atoms with Crippen LogP contribution < -0.4 is 10.1 Å². The Kier molecular flexibility index (Phi) is 8.37. The molecule has 1 aliphatic rings. The van der Waals surface area contributed by atoms with Gasteiger partial charge >= 0.3 is 12.0 Å². The number of esters is 1. The summed E-state index contributed by atoms with van der Waals surface area (Å²) in [7, 11) is 1.25. The number of guanidine groups is 1. The summed E-state index contributed by atoms with van der Waals surface area (Å²) in [4.78, 5) is 35.6. The zero-order valence-corrected chi connectivity index (χ0v) is 21.0. The average Bonchev–Trinajstić information content (AvgIpc) is 2.92. The number of amides is 2. The number of hydrogen-bond acceptors (Lipinski definition) is 8. The molecule has 0 aliphatic carbocycles. The Balaban J connectivity index is 1.56. The topological polar surface area (TPSA) is 140 Å². The first-order valence-corrected chi connectivity index (χ1v) is 11.8. The van der Waals surface area contributed by atoms with Gasteiger partial charge in [-0.25, -0.2) is 14.8 Å². The van der Waals surface area contributed by atoms with Gasteiger partial charge < -0.3 is 14.6 Å². The van der Waals surface area contributed by atoms with Crippen LogP contribution in [0.15, 0.2) is 71.9 Å².